The summed E-state index contributed by atoms with van der Waals surface area (Å²) in [6.07, 6.45) is 3.41. The van der Waals surface area contributed by atoms with E-state index in [1.807, 2.05) is 6.07 Å². The molecule has 0 bridgehead atoms. The fraction of sp³-hybridized carbons (Fsp3) is 0.300. The first-order chi connectivity index (χ1) is 12.5. The summed E-state index contributed by atoms with van der Waals surface area (Å²) in [6.45, 7) is 2.01. The Morgan fingerprint density at radius 2 is 1.92 bits per heavy atom. The van der Waals surface area contributed by atoms with Crippen LogP contribution < -0.4 is 15.4 Å². The standard InChI is InChI=1S/C20H22N2O4/c1-13(23)22-16-6-8-19(24)18(12-16)20(25)21-9-10-26-17-7-5-14-3-2-4-15(14)11-17/h5-8,11-12,24H,2-4,9-10H2,1H3,(H,21,25)(H,22,23). The van der Waals surface area contributed by atoms with Crippen molar-refractivity contribution in [2.75, 3.05) is 18.5 Å². The second-order valence-electron chi connectivity index (χ2n) is 6.30. The molecule has 6 heteroatoms. The van der Waals surface area contributed by atoms with Crippen molar-refractivity contribution in [2.45, 2.75) is 26.2 Å². The topological polar surface area (TPSA) is 87.7 Å². The summed E-state index contributed by atoms with van der Waals surface area (Å²) in [4.78, 5) is 23.3. The highest BCUT2D eigenvalue weighted by Gasteiger charge is 2.13. The largest absolute Gasteiger partial charge is 0.507 e. The van der Waals surface area contributed by atoms with Crippen molar-refractivity contribution in [2.24, 2.45) is 0 Å². The van der Waals surface area contributed by atoms with E-state index < -0.39 is 5.91 Å². The van der Waals surface area contributed by atoms with E-state index in [9.17, 15) is 14.7 Å². The van der Waals surface area contributed by atoms with E-state index in [0.29, 0.717) is 18.8 Å². The van der Waals surface area contributed by atoms with Crippen LogP contribution in [-0.4, -0.2) is 30.1 Å². The van der Waals surface area contributed by atoms with Gasteiger partial charge in [0, 0.05) is 12.6 Å². The highest BCUT2D eigenvalue weighted by molar-refractivity contribution is 5.99. The summed E-state index contributed by atoms with van der Waals surface area (Å²) in [5.41, 5.74) is 3.29. The molecule has 0 saturated heterocycles. The molecule has 0 fully saturated rings. The van der Waals surface area contributed by atoms with Gasteiger partial charge in [-0.05, 0) is 60.7 Å². The molecule has 0 heterocycles. The number of carbonyl (C=O) groups is 2. The average molecular weight is 354 g/mol. The predicted molar refractivity (Wildman–Crippen MR) is 98.7 cm³/mol. The van der Waals surface area contributed by atoms with E-state index in [1.54, 1.807) is 0 Å². The lowest BCUT2D eigenvalue weighted by Crippen LogP contribution is -2.28. The molecule has 6 nitrogen and oxygen atoms in total. The molecule has 0 aromatic heterocycles. The molecule has 26 heavy (non-hydrogen) atoms. The highest BCUT2D eigenvalue weighted by Crippen LogP contribution is 2.26. The lowest BCUT2D eigenvalue weighted by atomic mass is 10.1. The normalized spacial score (nSPS) is 12.3. The van der Waals surface area contributed by atoms with Gasteiger partial charge in [-0.1, -0.05) is 6.07 Å². The number of phenols is 1. The first kappa shape index (κ1) is 17.8. The Morgan fingerprint density at radius 1 is 1.12 bits per heavy atom. The maximum atomic E-state index is 12.2. The minimum atomic E-state index is -0.424. The monoisotopic (exact) mass is 354 g/mol. The molecule has 1 aliphatic rings. The summed E-state index contributed by atoms with van der Waals surface area (Å²) in [5, 5.41) is 15.1. The molecule has 2 amide bonds. The number of anilines is 1. The van der Waals surface area contributed by atoms with Crippen molar-refractivity contribution in [1.82, 2.24) is 5.32 Å². The number of nitrogens with one attached hydrogen (secondary N) is 2. The molecule has 3 N–H and O–H groups in total. The van der Waals surface area contributed by atoms with Crippen LogP contribution in [0.1, 0.15) is 34.8 Å². The number of hydrogen-bond acceptors (Lipinski definition) is 4. The summed E-state index contributed by atoms with van der Waals surface area (Å²) in [7, 11) is 0. The zero-order valence-corrected chi connectivity index (χ0v) is 14.7. The maximum Gasteiger partial charge on any atom is 0.255 e. The second kappa shape index (κ2) is 7.91. The Bertz CT molecular complexity index is 833. The number of benzene rings is 2. The van der Waals surface area contributed by atoms with Gasteiger partial charge in [-0.25, -0.2) is 0 Å². The summed E-state index contributed by atoms with van der Waals surface area (Å²) < 4.78 is 5.69. The predicted octanol–water partition coefficient (Wildman–Crippen LogP) is 2.65. The SMILES string of the molecule is CC(=O)Nc1ccc(O)c(C(=O)NCCOc2ccc3c(c2)CCC3)c1. The van der Waals surface area contributed by atoms with Gasteiger partial charge in [0.15, 0.2) is 0 Å². The molecule has 136 valence electrons. The molecule has 0 atom stereocenters. The Morgan fingerprint density at radius 3 is 2.73 bits per heavy atom. The van der Waals surface area contributed by atoms with Gasteiger partial charge >= 0.3 is 0 Å². The van der Waals surface area contributed by atoms with Crippen molar-refractivity contribution in [3.63, 3.8) is 0 Å². The minimum Gasteiger partial charge on any atom is -0.507 e. The molecule has 0 radical (unpaired) electrons. The highest BCUT2D eigenvalue weighted by atomic mass is 16.5. The van der Waals surface area contributed by atoms with Crippen LogP contribution >= 0.6 is 0 Å². The maximum absolute atomic E-state index is 12.2. The van der Waals surface area contributed by atoms with E-state index in [4.69, 9.17) is 4.74 Å². The zero-order valence-electron chi connectivity index (χ0n) is 14.7. The van der Waals surface area contributed by atoms with Crippen molar-refractivity contribution >= 4 is 17.5 Å². The number of amides is 2. The third-order valence-electron chi connectivity index (χ3n) is 4.29. The lowest BCUT2D eigenvalue weighted by molar-refractivity contribution is -0.114. The van der Waals surface area contributed by atoms with Crippen LogP contribution in [0.3, 0.4) is 0 Å². The number of aromatic hydroxyl groups is 1. The third-order valence-corrected chi connectivity index (χ3v) is 4.29. The van der Waals surface area contributed by atoms with Crippen LogP contribution in [0.4, 0.5) is 5.69 Å². The Balaban J connectivity index is 1.52. The van der Waals surface area contributed by atoms with Gasteiger partial charge < -0.3 is 20.5 Å². The van der Waals surface area contributed by atoms with Gasteiger partial charge in [0.1, 0.15) is 18.1 Å². The summed E-state index contributed by atoms with van der Waals surface area (Å²) in [5.74, 6) is -0.0106. The fourth-order valence-electron chi connectivity index (χ4n) is 3.07. The van der Waals surface area contributed by atoms with Gasteiger partial charge in [0.05, 0.1) is 12.1 Å². The number of fused-ring (bicyclic) bond motifs is 1. The molecular weight excluding hydrogens is 332 g/mol. The molecule has 3 rings (SSSR count). The first-order valence-corrected chi connectivity index (χ1v) is 8.66. The molecular formula is C20H22N2O4. The molecule has 0 saturated carbocycles. The number of rotatable bonds is 6. The number of aryl methyl sites for hydroxylation is 2. The molecule has 2 aromatic carbocycles. The van der Waals surface area contributed by atoms with Crippen molar-refractivity contribution in [3.8, 4) is 11.5 Å². The fourth-order valence-corrected chi connectivity index (χ4v) is 3.07. The van der Waals surface area contributed by atoms with Crippen molar-refractivity contribution in [1.29, 1.82) is 0 Å². The van der Waals surface area contributed by atoms with Crippen LogP contribution in [0, 0.1) is 0 Å². The zero-order chi connectivity index (χ0) is 18.5. The minimum absolute atomic E-state index is 0.105. The number of ether oxygens (including phenoxy) is 1. The van der Waals surface area contributed by atoms with E-state index in [0.717, 1.165) is 18.6 Å². The molecule has 0 spiro atoms. The van der Waals surface area contributed by atoms with E-state index in [2.05, 4.69) is 22.8 Å². The lowest BCUT2D eigenvalue weighted by Gasteiger charge is -2.11. The van der Waals surface area contributed by atoms with Gasteiger partial charge in [-0.2, -0.15) is 0 Å². The Kier molecular flexibility index (Phi) is 5.41. The van der Waals surface area contributed by atoms with Crippen LogP contribution in [0.5, 0.6) is 11.5 Å². The van der Waals surface area contributed by atoms with E-state index in [1.165, 1.54) is 42.7 Å². The molecule has 0 aliphatic heterocycles. The number of hydrogen-bond donors (Lipinski definition) is 3. The number of carbonyl (C=O) groups excluding carboxylic acids is 2. The van der Waals surface area contributed by atoms with Gasteiger partial charge in [-0.15, -0.1) is 0 Å². The van der Waals surface area contributed by atoms with E-state index >= 15 is 0 Å². The average Bonchev–Trinajstić information content (AvgIpc) is 3.07. The summed E-state index contributed by atoms with van der Waals surface area (Å²) in [6, 6.07) is 10.5. The molecule has 1 aliphatic carbocycles. The first-order valence-electron chi connectivity index (χ1n) is 8.66. The van der Waals surface area contributed by atoms with Gasteiger partial charge in [0.2, 0.25) is 5.91 Å². The van der Waals surface area contributed by atoms with Crippen LogP contribution in [0.25, 0.3) is 0 Å². The van der Waals surface area contributed by atoms with Crippen molar-refractivity contribution in [3.05, 3.63) is 53.1 Å². The second-order valence-corrected chi connectivity index (χ2v) is 6.30. The molecule has 0 unspecified atom stereocenters. The van der Waals surface area contributed by atoms with Gasteiger partial charge in [-0.3, -0.25) is 9.59 Å². The van der Waals surface area contributed by atoms with Crippen LogP contribution in [0.15, 0.2) is 36.4 Å². The van der Waals surface area contributed by atoms with Crippen LogP contribution in [0.2, 0.25) is 0 Å². The summed E-state index contributed by atoms with van der Waals surface area (Å²) >= 11 is 0. The van der Waals surface area contributed by atoms with Crippen LogP contribution in [-0.2, 0) is 17.6 Å². The molecule has 2 aromatic rings. The van der Waals surface area contributed by atoms with Gasteiger partial charge in [0.25, 0.3) is 5.91 Å². The van der Waals surface area contributed by atoms with Crippen molar-refractivity contribution < 1.29 is 19.4 Å². The Labute approximate surface area is 152 Å². The van der Waals surface area contributed by atoms with E-state index in [-0.39, 0.29) is 17.2 Å². The third kappa shape index (κ3) is 4.33. The number of phenolic OH excluding ortho intramolecular Hbond substituents is 1. The Hall–Kier alpha value is -3.02. The quantitative estimate of drug-likeness (QED) is 0.550. The smallest absolute Gasteiger partial charge is 0.255 e.